The van der Waals surface area contributed by atoms with Crippen molar-refractivity contribution in [3.8, 4) is 0 Å². The fourth-order valence-corrected chi connectivity index (χ4v) is 5.44. The molecular formula is C18H19N7O5S2. The zero-order valence-electron chi connectivity index (χ0n) is 16.8. The Bertz CT molecular complexity index is 1050. The van der Waals surface area contributed by atoms with E-state index in [-0.39, 0.29) is 11.4 Å². The van der Waals surface area contributed by atoms with Gasteiger partial charge in [0.1, 0.15) is 18.5 Å². The Balaban J connectivity index is 1.53. The lowest BCUT2D eigenvalue weighted by Crippen LogP contribution is -2.72. The highest BCUT2D eigenvalue weighted by molar-refractivity contribution is 8.10. The monoisotopic (exact) mass is 477 g/mol. The van der Waals surface area contributed by atoms with E-state index in [9.17, 15) is 19.5 Å². The van der Waals surface area contributed by atoms with E-state index in [1.54, 1.807) is 12.4 Å². The molecule has 3 atom stereocenters. The van der Waals surface area contributed by atoms with Gasteiger partial charge in [0, 0.05) is 23.5 Å². The number of aliphatic imine (C=N–C) groups is 1. The van der Waals surface area contributed by atoms with E-state index >= 15 is 0 Å². The maximum atomic E-state index is 12.8. The number of hydrogen-bond acceptors (Lipinski definition) is 11. The minimum absolute atomic E-state index is 0.167. The van der Waals surface area contributed by atoms with Crippen LogP contribution in [0.5, 0.6) is 0 Å². The lowest BCUT2D eigenvalue weighted by atomic mass is 10.0. The third kappa shape index (κ3) is 3.97. The van der Waals surface area contributed by atoms with Crippen LogP contribution in [0.2, 0.25) is 0 Å². The number of fused-ring (bicyclic) bond motifs is 1. The summed E-state index contributed by atoms with van der Waals surface area (Å²) in [5.41, 5.74) is 7.57. The van der Waals surface area contributed by atoms with E-state index in [1.807, 2.05) is 22.8 Å². The first-order valence-corrected chi connectivity index (χ1v) is 11.3. The molecule has 3 aliphatic heterocycles. The lowest BCUT2D eigenvalue weighted by Gasteiger charge is -2.50. The predicted octanol–water partition coefficient (Wildman–Crippen LogP) is -2.73. The molecular weight excluding hydrogens is 458 g/mol. The number of rotatable bonds is 7. The predicted molar refractivity (Wildman–Crippen MR) is 114 cm³/mol. The molecule has 0 bridgehead atoms. The summed E-state index contributed by atoms with van der Waals surface area (Å²) in [7, 11) is 1.25. The number of oxime groups is 1. The average Bonchev–Trinajstić information content (AvgIpc) is 3.23. The maximum Gasteiger partial charge on any atom is 0.275 e. The van der Waals surface area contributed by atoms with Gasteiger partial charge in [-0.05, 0) is 11.9 Å². The van der Waals surface area contributed by atoms with Gasteiger partial charge in [0.25, 0.3) is 11.8 Å². The van der Waals surface area contributed by atoms with Gasteiger partial charge in [-0.1, -0.05) is 11.2 Å². The van der Waals surface area contributed by atoms with Gasteiger partial charge in [-0.25, -0.2) is 14.3 Å². The molecule has 4 heterocycles. The van der Waals surface area contributed by atoms with E-state index in [0.29, 0.717) is 17.9 Å². The molecule has 168 valence electrons. The number of β-lactam (4-membered cyclic amide) rings is 1. The second-order valence-electron chi connectivity index (χ2n) is 6.99. The summed E-state index contributed by atoms with van der Waals surface area (Å²) in [6.45, 7) is 0.298. The first kappa shape index (κ1) is 22.3. The number of nitrogens with zero attached hydrogens (tertiary/aromatic N) is 4. The van der Waals surface area contributed by atoms with E-state index in [1.165, 1.54) is 24.4 Å². The molecule has 0 spiro atoms. The molecule has 2 amide bonds. The molecule has 14 heteroatoms. The molecule has 1 aromatic heterocycles. The van der Waals surface area contributed by atoms with Crippen LogP contribution in [0.15, 0.2) is 52.0 Å². The maximum absolute atomic E-state index is 12.8. The smallest absolute Gasteiger partial charge is 0.275 e. The molecule has 0 saturated carbocycles. The largest absolute Gasteiger partial charge is 0.543 e. The molecule has 0 aliphatic carbocycles. The fourth-order valence-electron chi connectivity index (χ4n) is 3.50. The number of carboxylic acids is 1. The highest BCUT2D eigenvalue weighted by Gasteiger charge is 2.54. The molecule has 0 radical (unpaired) electrons. The molecule has 3 aliphatic rings. The summed E-state index contributed by atoms with van der Waals surface area (Å²) in [6.07, 6.45) is 3.60. The minimum atomic E-state index is -1.62. The first-order chi connectivity index (χ1) is 15.4. The molecule has 4 rings (SSSR count). The number of nitrogens with one attached hydrogen (secondary N) is 2. The minimum Gasteiger partial charge on any atom is -0.543 e. The average molecular weight is 478 g/mol. The van der Waals surface area contributed by atoms with Crippen LogP contribution in [0.3, 0.4) is 0 Å². The van der Waals surface area contributed by atoms with Crippen LogP contribution in [-0.2, 0) is 25.8 Å². The summed E-state index contributed by atoms with van der Waals surface area (Å²) in [4.78, 5) is 47.4. The van der Waals surface area contributed by atoms with Gasteiger partial charge in [0.2, 0.25) is 11.5 Å². The molecule has 0 aromatic carbocycles. The molecule has 1 saturated heterocycles. The number of pyridine rings is 1. The van der Waals surface area contributed by atoms with E-state index in [0.717, 1.165) is 16.8 Å². The highest BCUT2D eigenvalue weighted by Crippen LogP contribution is 2.40. The Labute approximate surface area is 191 Å². The molecule has 1 aromatic rings. The Morgan fingerprint density at radius 2 is 2.22 bits per heavy atom. The Hall–Kier alpha value is -2.94. The zero-order chi connectivity index (χ0) is 22.9. The normalized spacial score (nSPS) is 27.1. The second kappa shape index (κ2) is 8.90. The van der Waals surface area contributed by atoms with Gasteiger partial charge in [0.15, 0.2) is 18.9 Å². The quantitative estimate of drug-likeness (QED) is 0.124. The SMILES string of the molecule is CO/N=C(/C(=O)NC1C(=O)N2C(C(=O)[O-])=C(C[n+]3ccccc3)CS[C@H]12)C1(N)N=CSN1. The van der Waals surface area contributed by atoms with Crippen LogP contribution in [-0.4, -0.2) is 64.0 Å². The molecule has 2 unspecified atom stereocenters. The Morgan fingerprint density at radius 1 is 1.47 bits per heavy atom. The van der Waals surface area contributed by atoms with Crippen LogP contribution < -0.4 is 25.4 Å². The van der Waals surface area contributed by atoms with E-state index in [4.69, 9.17) is 10.6 Å². The standard InChI is InChI=1S/C18H19N7O5S2/c1-30-22-13(18(19)20-9-32-23-18)14(26)21-11-15(27)25-12(17(28)29)10(8-31-16(11)25)7-24-5-3-2-4-6-24/h2-6,9,11,16,23H,7-8,19H2,1H3,(H-,21,26,28,29)/b22-13-/t11?,16-,18?/m1/s1. The summed E-state index contributed by atoms with van der Waals surface area (Å²) in [5, 5.41) is 17.5. The van der Waals surface area contributed by atoms with Gasteiger partial charge >= 0.3 is 0 Å². The first-order valence-electron chi connectivity index (χ1n) is 9.35. The van der Waals surface area contributed by atoms with Crippen molar-refractivity contribution < 1.29 is 28.9 Å². The summed E-state index contributed by atoms with van der Waals surface area (Å²) < 4.78 is 4.54. The van der Waals surface area contributed by atoms with Crippen molar-refractivity contribution in [2.45, 2.75) is 23.7 Å². The van der Waals surface area contributed by atoms with Gasteiger partial charge in [-0.2, -0.15) is 0 Å². The Kier molecular flexibility index (Phi) is 6.19. The van der Waals surface area contributed by atoms with E-state index in [2.05, 4.69) is 20.2 Å². The number of nitrogens with two attached hydrogens (primary N) is 1. The fraction of sp³-hybridized carbons (Fsp3) is 0.333. The topological polar surface area (TPSA) is 165 Å². The summed E-state index contributed by atoms with van der Waals surface area (Å²) in [5.74, 6) is -4.03. The third-order valence-electron chi connectivity index (χ3n) is 4.96. The van der Waals surface area contributed by atoms with Crippen molar-refractivity contribution in [3.05, 3.63) is 41.9 Å². The number of amides is 2. The van der Waals surface area contributed by atoms with Crippen LogP contribution in [0.25, 0.3) is 0 Å². The van der Waals surface area contributed by atoms with Gasteiger partial charge in [-0.15, -0.1) is 11.8 Å². The zero-order valence-corrected chi connectivity index (χ0v) is 18.4. The number of carbonyl (C=O) groups is 3. The van der Waals surface area contributed by atoms with Gasteiger partial charge < -0.3 is 20.1 Å². The molecule has 32 heavy (non-hydrogen) atoms. The van der Waals surface area contributed by atoms with Gasteiger partial charge in [0.05, 0.1) is 17.2 Å². The number of carbonyl (C=O) groups excluding carboxylic acids is 3. The second-order valence-corrected chi connectivity index (χ2v) is 8.75. The van der Waals surface area contributed by atoms with Crippen molar-refractivity contribution in [2.75, 3.05) is 12.9 Å². The van der Waals surface area contributed by atoms with Crippen molar-refractivity contribution >= 4 is 52.8 Å². The Morgan fingerprint density at radius 3 is 2.84 bits per heavy atom. The lowest BCUT2D eigenvalue weighted by molar-refractivity contribution is -0.689. The van der Waals surface area contributed by atoms with Crippen LogP contribution in [0, 0.1) is 0 Å². The number of carboxylic acid groups (broad SMARTS) is 1. The summed E-state index contributed by atoms with van der Waals surface area (Å²) >= 11 is 2.42. The van der Waals surface area contributed by atoms with Crippen molar-refractivity contribution in [2.24, 2.45) is 15.9 Å². The molecule has 1 fully saturated rings. The van der Waals surface area contributed by atoms with Gasteiger partial charge in [-0.3, -0.25) is 20.2 Å². The number of hydrogen-bond donors (Lipinski definition) is 3. The van der Waals surface area contributed by atoms with E-state index < -0.39 is 35.0 Å². The van der Waals surface area contributed by atoms with Crippen LogP contribution in [0.1, 0.15) is 0 Å². The van der Waals surface area contributed by atoms with Crippen molar-refractivity contribution in [1.29, 1.82) is 0 Å². The molecule has 12 nitrogen and oxygen atoms in total. The summed E-state index contributed by atoms with van der Waals surface area (Å²) in [6, 6.07) is 4.53. The number of aliphatic carboxylic acids is 1. The highest BCUT2D eigenvalue weighted by atomic mass is 32.2. The van der Waals surface area contributed by atoms with Crippen LogP contribution in [0.4, 0.5) is 0 Å². The van der Waals surface area contributed by atoms with Crippen LogP contribution >= 0.6 is 23.7 Å². The number of thioether (sulfide) groups is 1. The third-order valence-corrected chi connectivity index (χ3v) is 6.94. The van der Waals surface area contributed by atoms with Crippen molar-refractivity contribution in [3.63, 3.8) is 0 Å². The molecule has 4 N–H and O–H groups in total. The van der Waals surface area contributed by atoms with Crippen molar-refractivity contribution in [1.82, 2.24) is 14.9 Å². The number of aromatic nitrogens is 1.